The lowest BCUT2D eigenvalue weighted by Crippen LogP contribution is -2.32. The molecule has 24 heavy (non-hydrogen) atoms. The van der Waals surface area contributed by atoms with E-state index < -0.39 is 0 Å². The molecular weight excluding hydrogens is 392 g/mol. The standard InChI is InChI=1S/C16H17BrN4O2S/c17-13-5-4-12(24-13)16(23)19-10-15(22)20-11-3-6-14(18-9-11)21-7-1-2-8-21/h3-6,9H,1-2,7-8,10H2,(H,19,23)(H,20,22). The Morgan fingerprint density at radius 2 is 2.00 bits per heavy atom. The molecule has 1 saturated heterocycles. The number of anilines is 2. The van der Waals surface area contributed by atoms with Crippen LogP contribution in [0.4, 0.5) is 11.5 Å². The SMILES string of the molecule is O=C(CNC(=O)c1ccc(Br)s1)Nc1ccc(N2CCCC2)nc1. The number of halogens is 1. The molecule has 6 nitrogen and oxygen atoms in total. The number of hydrogen-bond acceptors (Lipinski definition) is 5. The lowest BCUT2D eigenvalue weighted by Gasteiger charge is -2.16. The van der Waals surface area contributed by atoms with E-state index in [2.05, 4.69) is 36.4 Å². The van der Waals surface area contributed by atoms with Crippen LogP contribution >= 0.6 is 27.3 Å². The Morgan fingerprint density at radius 1 is 1.21 bits per heavy atom. The van der Waals surface area contributed by atoms with Crippen LogP contribution in [-0.2, 0) is 4.79 Å². The first kappa shape index (κ1) is 16.9. The number of rotatable bonds is 5. The molecule has 2 aromatic rings. The number of thiophene rings is 1. The second-order valence-electron chi connectivity index (χ2n) is 5.43. The van der Waals surface area contributed by atoms with Gasteiger partial charge < -0.3 is 15.5 Å². The van der Waals surface area contributed by atoms with Crippen LogP contribution in [0.25, 0.3) is 0 Å². The van der Waals surface area contributed by atoms with Gasteiger partial charge >= 0.3 is 0 Å². The van der Waals surface area contributed by atoms with Crippen molar-refractivity contribution in [1.29, 1.82) is 0 Å². The maximum absolute atomic E-state index is 11.9. The van der Waals surface area contributed by atoms with Crippen LogP contribution in [-0.4, -0.2) is 36.4 Å². The molecule has 0 aliphatic carbocycles. The summed E-state index contributed by atoms with van der Waals surface area (Å²) in [6, 6.07) is 7.25. The van der Waals surface area contributed by atoms with Gasteiger partial charge in [0, 0.05) is 13.1 Å². The molecule has 0 unspecified atom stereocenters. The number of aromatic nitrogens is 1. The van der Waals surface area contributed by atoms with Gasteiger partial charge in [-0.25, -0.2) is 4.98 Å². The van der Waals surface area contributed by atoms with Crippen molar-refractivity contribution in [2.75, 3.05) is 29.9 Å². The summed E-state index contributed by atoms with van der Waals surface area (Å²) in [4.78, 5) is 31.0. The van der Waals surface area contributed by atoms with Crippen molar-refractivity contribution in [3.05, 3.63) is 39.1 Å². The summed E-state index contributed by atoms with van der Waals surface area (Å²) in [5.74, 6) is 0.389. The van der Waals surface area contributed by atoms with Crippen LogP contribution in [0.1, 0.15) is 22.5 Å². The molecule has 1 aliphatic heterocycles. The van der Waals surface area contributed by atoms with Gasteiger partial charge in [0.1, 0.15) is 5.82 Å². The minimum absolute atomic E-state index is 0.0811. The molecule has 3 heterocycles. The average molecular weight is 409 g/mol. The molecule has 0 spiro atoms. The summed E-state index contributed by atoms with van der Waals surface area (Å²) in [5.41, 5.74) is 0.621. The summed E-state index contributed by atoms with van der Waals surface area (Å²) >= 11 is 4.63. The molecule has 0 atom stereocenters. The van der Waals surface area contributed by atoms with Gasteiger partial charge in [-0.2, -0.15) is 0 Å². The summed E-state index contributed by atoms with van der Waals surface area (Å²) in [6.07, 6.45) is 4.03. The quantitative estimate of drug-likeness (QED) is 0.797. The fourth-order valence-corrected chi connectivity index (χ4v) is 3.78. The minimum atomic E-state index is -0.283. The molecule has 126 valence electrons. The van der Waals surface area contributed by atoms with E-state index in [-0.39, 0.29) is 18.4 Å². The molecule has 0 radical (unpaired) electrons. The highest BCUT2D eigenvalue weighted by Gasteiger charge is 2.14. The van der Waals surface area contributed by atoms with Crippen molar-refractivity contribution < 1.29 is 9.59 Å². The Balaban J connectivity index is 1.48. The lowest BCUT2D eigenvalue weighted by atomic mass is 10.3. The lowest BCUT2D eigenvalue weighted by molar-refractivity contribution is -0.115. The Labute approximate surface area is 152 Å². The molecular formula is C16H17BrN4O2S. The van der Waals surface area contributed by atoms with Gasteiger partial charge in [-0.05, 0) is 53.0 Å². The van der Waals surface area contributed by atoms with Crippen molar-refractivity contribution >= 4 is 50.6 Å². The fraction of sp³-hybridized carbons (Fsp3) is 0.312. The van der Waals surface area contributed by atoms with Crippen molar-refractivity contribution in [3.8, 4) is 0 Å². The molecule has 0 saturated carbocycles. The van der Waals surface area contributed by atoms with Crippen LogP contribution in [0, 0.1) is 0 Å². The third-order valence-electron chi connectivity index (χ3n) is 3.67. The number of nitrogens with one attached hydrogen (secondary N) is 2. The van der Waals surface area contributed by atoms with E-state index >= 15 is 0 Å². The van der Waals surface area contributed by atoms with E-state index in [4.69, 9.17) is 0 Å². The van der Waals surface area contributed by atoms with Gasteiger partial charge in [0.05, 0.1) is 27.1 Å². The monoisotopic (exact) mass is 408 g/mol. The van der Waals surface area contributed by atoms with Gasteiger partial charge in [0.15, 0.2) is 0 Å². The van der Waals surface area contributed by atoms with Crippen LogP contribution in [0.15, 0.2) is 34.2 Å². The Kier molecular flexibility index (Phi) is 5.47. The highest BCUT2D eigenvalue weighted by Crippen LogP contribution is 2.22. The predicted molar refractivity (Wildman–Crippen MR) is 98.7 cm³/mol. The van der Waals surface area contributed by atoms with Crippen molar-refractivity contribution in [2.24, 2.45) is 0 Å². The molecule has 8 heteroatoms. The molecule has 1 fully saturated rings. The fourth-order valence-electron chi connectivity index (χ4n) is 2.48. The molecule has 1 aliphatic rings. The van der Waals surface area contributed by atoms with E-state index in [0.29, 0.717) is 10.6 Å². The zero-order valence-electron chi connectivity index (χ0n) is 12.9. The minimum Gasteiger partial charge on any atom is -0.357 e. The number of pyridine rings is 1. The topological polar surface area (TPSA) is 74.3 Å². The summed E-state index contributed by atoms with van der Waals surface area (Å²) < 4.78 is 0.876. The van der Waals surface area contributed by atoms with E-state index in [1.165, 1.54) is 24.2 Å². The van der Waals surface area contributed by atoms with Gasteiger partial charge in [-0.3, -0.25) is 9.59 Å². The van der Waals surface area contributed by atoms with E-state index in [1.54, 1.807) is 18.3 Å². The highest BCUT2D eigenvalue weighted by atomic mass is 79.9. The van der Waals surface area contributed by atoms with Crippen LogP contribution in [0.5, 0.6) is 0 Å². The van der Waals surface area contributed by atoms with Gasteiger partial charge in [0.25, 0.3) is 5.91 Å². The Hall–Kier alpha value is -1.93. The number of carbonyl (C=O) groups is 2. The van der Waals surface area contributed by atoms with E-state index in [9.17, 15) is 9.59 Å². The average Bonchev–Trinajstić information content (AvgIpc) is 3.25. The van der Waals surface area contributed by atoms with Crippen LogP contribution in [0.3, 0.4) is 0 Å². The molecule has 3 rings (SSSR count). The van der Waals surface area contributed by atoms with Crippen molar-refractivity contribution in [2.45, 2.75) is 12.8 Å². The normalized spacial score (nSPS) is 13.8. The van der Waals surface area contributed by atoms with Crippen molar-refractivity contribution in [1.82, 2.24) is 10.3 Å². The van der Waals surface area contributed by atoms with Crippen LogP contribution in [0.2, 0.25) is 0 Å². The number of hydrogen-bond donors (Lipinski definition) is 2. The first-order valence-electron chi connectivity index (χ1n) is 7.66. The highest BCUT2D eigenvalue weighted by molar-refractivity contribution is 9.11. The largest absolute Gasteiger partial charge is 0.357 e. The predicted octanol–water partition coefficient (Wildman–Crippen LogP) is 2.87. The third kappa shape index (κ3) is 4.33. The second kappa shape index (κ2) is 7.76. The first-order valence-corrected chi connectivity index (χ1v) is 9.27. The maximum Gasteiger partial charge on any atom is 0.261 e. The molecule has 0 bridgehead atoms. The zero-order valence-corrected chi connectivity index (χ0v) is 15.3. The summed E-state index contributed by atoms with van der Waals surface area (Å²) in [6.45, 7) is 1.98. The van der Waals surface area contributed by atoms with Crippen molar-refractivity contribution in [3.63, 3.8) is 0 Å². The first-order chi connectivity index (χ1) is 11.6. The Morgan fingerprint density at radius 3 is 2.62 bits per heavy atom. The Bertz CT molecular complexity index is 726. The molecule has 0 aromatic carbocycles. The van der Waals surface area contributed by atoms with Gasteiger partial charge in [-0.15, -0.1) is 11.3 Å². The second-order valence-corrected chi connectivity index (χ2v) is 7.90. The molecule has 2 amide bonds. The molecule has 2 aromatic heterocycles. The summed E-state index contributed by atoms with van der Waals surface area (Å²) in [7, 11) is 0. The smallest absolute Gasteiger partial charge is 0.261 e. The van der Waals surface area contributed by atoms with Gasteiger partial charge in [0.2, 0.25) is 5.91 Å². The number of amides is 2. The van der Waals surface area contributed by atoms with Crippen LogP contribution < -0.4 is 15.5 Å². The third-order valence-corrected chi connectivity index (χ3v) is 5.29. The summed E-state index contributed by atoms with van der Waals surface area (Å²) in [5, 5.41) is 5.33. The maximum atomic E-state index is 11.9. The number of nitrogens with zero attached hydrogens (tertiary/aromatic N) is 2. The number of carbonyl (C=O) groups excluding carboxylic acids is 2. The zero-order chi connectivity index (χ0) is 16.9. The molecule has 2 N–H and O–H groups in total. The van der Waals surface area contributed by atoms with E-state index in [1.807, 2.05) is 12.1 Å². The van der Waals surface area contributed by atoms with E-state index in [0.717, 1.165) is 22.7 Å². The van der Waals surface area contributed by atoms with Gasteiger partial charge in [-0.1, -0.05) is 0 Å².